The van der Waals surface area contributed by atoms with Gasteiger partial charge in [0.05, 0.1) is 18.6 Å². The average molecular weight is 392 g/mol. The third-order valence-electron chi connectivity index (χ3n) is 3.82. The van der Waals surface area contributed by atoms with Crippen LogP contribution >= 0.6 is 27.3 Å². The molecule has 1 unspecified atom stereocenters. The van der Waals surface area contributed by atoms with Crippen LogP contribution in [0.3, 0.4) is 0 Å². The molecule has 1 N–H and O–H groups in total. The van der Waals surface area contributed by atoms with Crippen LogP contribution in [0.5, 0.6) is 5.75 Å². The van der Waals surface area contributed by atoms with Crippen molar-refractivity contribution in [3.05, 3.63) is 14.7 Å². The van der Waals surface area contributed by atoms with E-state index in [1.807, 2.05) is 0 Å². The number of aliphatic carboxylic acids is 1. The van der Waals surface area contributed by atoms with Crippen molar-refractivity contribution in [1.82, 2.24) is 4.90 Å². The SMILES string of the molecule is COCC1(C(=O)O)CCCN(C(=O)c2cc(OC)c(Br)s2)C1. The first kappa shape index (κ1) is 17.2. The summed E-state index contributed by atoms with van der Waals surface area (Å²) in [6.07, 6.45) is 1.16. The van der Waals surface area contributed by atoms with Crippen molar-refractivity contribution in [2.45, 2.75) is 12.8 Å². The van der Waals surface area contributed by atoms with E-state index >= 15 is 0 Å². The fourth-order valence-electron chi connectivity index (χ4n) is 2.69. The minimum absolute atomic E-state index is 0.101. The van der Waals surface area contributed by atoms with Crippen LogP contribution < -0.4 is 4.74 Å². The number of hydrogen-bond donors (Lipinski definition) is 1. The van der Waals surface area contributed by atoms with Gasteiger partial charge >= 0.3 is 5.97 Å². The number of amides is 1. The molecule has 1 atom stereocenters. The molecule has 122 valence electrons. The number of nitrogens with zero attached hydrogens (tertiary/aromatic N) is 1. The summed E-state index contributed by atoms with van der Waals surface area (Å²) in [6.45, 7) is 0.811. The van der Waals surface area contributed by atoms with Crippen LogP contribution in [0.15, 0.2) is 9.85 Å². The number of methoxy groups -OCH3 is 2. The van der Waals surface area contributed by atoms with Crippen molar-refractivity contribution >= 4 is 39.1 Å². The summed E-state index contributed by atoms with van der Waals surface area (Å²) in [5.41, 5.74) is -1.03. The molecule has 0 radical (unpaired) electrons. The van der Waals surface area contributed by atoms with Crippen LogP contribution in [0, 0.1) is 5.41 Å². The van der Waals surface area contributed by atoms with E-state index in [4.69, 9.17) is 9.47 Å². The molecule has 0 saturated carbocycles. The highest BCUT2D eigenvalue weighted by Gasteiger charge is 2.44. The van der Waals surface area contributed by atoms with E-state index in [2.05, 4.69) is 15.9 Å². The Balaban J connectivity index is 2.20. The fraction of sp³-hybridized carbons (Fsp3) is 0.571. The number of ether oxygens (including phenoxy) is 2. The Morgan fingerprint density at radius 1 is 1.50 bits per heavy atom. The van der Waals surface area contributed by atoms with E-state index in [0.29, 0.717) is 30.0 Å². The van der Waals surface area contributed by atoms with E-state index < -0.39 is 11.4 Å². The second kappa shape index (κ2) is 6.97. The molecule has 0 spiro atoms. The van der Waals surface area contributed by atoms with E-state index in [1.54, 1.807) is 11.0 Å². The predicted molar refractivity (Wildman–Crippen MR) is 85.7 cm³/mol. The maximum Gasteiger partial charge on any atom is 0.313 e. The highest BCUT2D eigenvalue weighted by Crippen LogP contribution is 2.37. The minimum Gasteiger partial charge on any atom is -0.495 e. The molecule has 0 aromatic carbocycles. The zero-order chi connectivity index (χ0) is 16.3. The Morgan fingerprint density at radius 2 is 2.23 bits per heavy atom. The van der Waals surface area contributed by atoms with Gasteiger partial charge in [0, 0.05) is 26.3 Å². The number of carboxylic acid groups (broad SMARTS) is 1. The van der Waals surface area contributed by atoms with Gasteiger partial charge in [-0.25, -0.2) is 0 Å². The Morgan fingerprint density at radius 3 is 2.77 bits per heavy atom. The van der Waals surface area contributed by atoms with Gasteiger partial charge in [0.1, 0.15) is 15.0 Å². The fourth-order valence-corrected chi connectivity index (χ4v) is 4.31. The van der Waals surface area contributed by atoms with Crippen molar-refractivity contribution in [1.29, 1.82) is 0 Å². The Kier molecular flexibility index (Phi) is 5.46. The molecule has 1 amide bonds. The molecular formula is C14H18BrNO5S. The van der Waals surface area contributed by atoms with Crippen molar-refractivity contribution in [3.63, 3.8) is 0 Å². The van der Waals surface area contributed by atoms with Gasteiger partial charge in [0.15, 0.2) is 0 Å². The van der Waals surface area contributed by atoms with E-state index in [-0.39, 0.29) is 19.1 Å². The van der Waals surface area contributed by atoms with Gasteiger partial charge in [-0.1, -0.05) is 0 Å². The van der Waals surface area contributed by atoms with Gasteiger partial charge in [0.2, 0.25) is 0 Å². The molecule has 0 aliphatic carbocycles. The van der Waals surface area contributed by atoms with Crippen molar-refractivity contribution < 1.29 is 24.2 Å². The van der Waals surface area contributed by atoms with Crippen LogP contribution in [0.1, 0.15) is 22.5 Å². The number of carboxylic acids is 1. The molecule has 8 heteroatoms. The van der Waals surface area contributed by atoms with E-state index in [9.17, 15) is 14.7 Å². The molecule has 1 aromatic rings. The third-order valence-corrected chi connectivity index (χ3v) is 5.59. The molecule has 0 bridgehead atoms. The number of halogens is 1. The molecule has 2 heterocycles. The van der Waals surface area contributed by atoms with Gasteiger partial charge < -0.3 is 19.5 Å². The second-order valence-electron chi connectivity index (χ2n) is 5.30. The molecule has 6 nitrogen and oxygen atoms in total. The van der Waals surface area contributed by atoms with Crippen molar-refractivity contribution in [2.75, 3.05) is 33.9 Å². The largest absolute Gasteiger partial charge is 0.495 e. The van der Waals surface area contributed by atoms with Gasteiger partial charge in [-0.05, 0) is 28.8 Å². The first-order chi connectivity index (χ1) is 10.4. The maximum atomic E-state index is 12.6. The number of hydrogen-bond acceptors (Lipinski definition) is 5. The lowest BCUT2D eigenvalue weighted by Crippen LogP contribution is -2.52. The summed E-state index contributed by atoms with van der Waals surface area (Å²) >= 11 is 4.63. The number of carbonyl (C=O) groups is 2. The quantitative estimate of drug-likeness (QED) is 0.833. The summed E-state index contributed by atoms with van der Waals surface area (Å²) in [5.74, 6) is -0.487. The van der Waals surface area contributed by atoms with Crippen molar-refractivity contribution in [3.8, 4) is 5.75 Å². The summed E-state index contributed by atoms with van der Waals surface area (Å²) in [6, 6.07) is 1.67. The molecular weight excluding hydrogens is 374 g/mol. The van der Waals surface area contributed by atoms with Gasteiger partial charge in [-0.15, -0.1) is 11.3 Å². The third kappa shape index (κ3) is 3.28. The summed E-state index contributed by atoms with van der Waals surface area (Å²) in [4.78, 5) is 26.4. The number of thiophene rings is 1. The summed E-state index contributed by atoms with van der Waals surface area (Å²) in [5, 5.41) is 9.53. The van der Waals surface area contributed by atoms with Gasteiger partial charge in [0.25, 0.3) is 5.91 Å². The average Bonchev–Trinajstić information content (AvgIpc) is 2.88. The van der Waals surface area contributed by atoms with Gasteiger partial charge in [-0.2, -0.15) is 0 Å². The first-order valence-corrected chi connectivity index (χ1v) is 8.39. The van der Waals surface area contributed by atoms with Crippen molar-refractivity contribution in [2.24, 2.45) is 5.41 Å². The number of carbonyl (C=O) groups excluding carboxylic acids is 1. The van der Waals surface area contributed by atoms with E-state index in [0.717, 1.165) is 3.79 Å². The number of piperidine rings is 1. The normalized spacial score (nSPS) is 21.7. The number of rotatable bonds is 5. The highest BCUT2D eigenvalue weighted by molar-refractivity contribution is 9.11. The lowest BCUT2D eigenvalue weighted by Gasteiger charge is -2.39. The zero-order valence-electron chi connectivity index (χ0n) is 12.4. The first-order valence-electron chi connectivity index (χ1n) is 6.78. The molecule has 1 aliphatic rings. The maximum absolute atomic E-state index is 12.6. The van der Waals surface area contributed by atoms with E-state index in [1.165, 1.54) is 25.6 Å². The molecule has 1 aliphatic heterocycles. The molecule has 2 rings (SSSR count). The van der Waals surface area contributed by atoms with Gasteiger partial charge in [-0.3, -0.25) is 9.59 Å². The Bertz CT molecular complexity index is 572. The topological polar surface area (TPSA) is 76.1 Å². The summed E-state index contributed by atoms with van der Waals surface area (Å²) < 4.78 is 11.0. The Hall–Kier alpha value is -1.12. The zero-order valence-corrected chi connectivity index (χ0v) is 14.8. The van der Waals surface area contributed by atoms with Crippen LogP contribution in [-0.2, 0) is 9.53 Å². The standard InChI is InChI=1S/C14H18BrNO5S/c1-20-8-14(13(18)19)4-3-5-16(7-14)12(17)10-6-9(21-2)11(15)22-10/h6H,3-5,7-8H2,1-2H3,(H,18,19). The minimum atomic E-state index is -1.03. The molecule has 22 heavy (non-hydrogen) atoms. The van der Waals surface area contributed by atoms with Crippen LogP contribution in [0.25, 0.3) is 0 Å². The summed E-state index contributed by atoms with van der Waals surface area (Å²) in [7, 11) is 3.02. The van der Waals surface area contributed by atoms with Crippen LogP contribution in [0.4, 0.5) is 0 Å². The lowest BCUT2D eigenvalue weighted by atomic mass is 9.80. The monoisotopic (exact) mass is 391 g/mol. The Labute approximate surface area is 141 Å². The molecule has 1 saturated heterocycles. The van der Waals surface area contributed by atoms with Crippen LogP contribution in [-0.4, -0.2) is 55.8 Å². The highest BCUT2D eigenvalue weighted by atomic mass is 79.9. The smallest absolute Gasteiger partial charge is 0.313 e. The lowest BCUT2D eigenvalue weighted by molar-refractivity contribution is -0.155. The van der Waals surface area contributed by atoms with Crippen LogP contribution in [0.2, 0.25) is 0 Å². The predicted octanol–water partition coefficient (Wildman–Crippen LogP) is 2.47. The number of likely N-dealkylation sites (tertiary alicyclic amines) is 1. The molecule has 1 aromatic heterocycles. The second-order valence-corrected chi connectivity index (χ2v) is 7.67. The molecule has 1 fully saturated rings.